The third-order valence-corrected chi connectivity index (χ3v) is 4.93. The maximum atomic E-state index is 6.14. The zero-order valence-electron chi connectivity index (χ0n) is 14.1. The number of rotatable bonds is 5. The van der Waals surface area contributed by atoms with Gasteiger partial charge in [-0.1, -0.05) is 12.1 Å². The molecule has 2 aliphatic rings. The molecule has 0 radical (unpaired) electrons. The number of methoxy groups -OCH3 is 1. The zero-order chi connectivity index (χ0) is 16.0. The summed E-state index contributed by atoms with van der Waals surface area (Å²) in [5.74, 6) is 1.47. The van der Waals surface area contributed by atoms with Crippen molar-refractivity contribution in [3.05, 3.63) is 23.8 Å². The van der Waals surface area contributed by atoms with Crippen molar-refractivity contribution in [1.29, 1.82) is 0 Å². The van der Waals surface area contributed by atoms with Gasteiger partial charge in [0.1, 0.15) is 5.75 Å². The van der Waals surface area contributed by atoms with Gasteiger partial charge in [-0.15, -0.1) is 0 Å². The molecule has 1 saturated carbocycles. The van der Waals surface area contributed by atoms with Gasteiger partial charge in [-0.25, -0.2) is 0 Å². The summed E-state index contributed by atoms with van der Waals surface area (Å²) in [6, 6.07) is 6.34. The topological polar surface area (TPSA) is 36.9 Å². The van der Waals surface area contributed by atoms with Crippen LogP contribution in [-0.4, -0.2) is 32.2 Å². The first-order valence-corrected chi connectivity index (χ1v) is 7.95. The van der Waals surface area contributed by atoms with Crippen LogP contribution in [0.25, 0.3) is 0 Å². The fourth-order valence-electron chi connectivity index (χ4n) is 2.63. The summed E-state index contributed by atoms with van der Waals surface area (Å²) in [6.07, 6.45) is 2.53. The molecular weight excluding hydrogens is 279 g/mol. The minimum atomic E-state index is -0.412. The zero-order valence-corrected chi connectivity index (χ0v) is 14.1. The SMILES string of the molecule is COCOc1cc(C2CC2)ccc1B1OC(C)(C)C(C)(C)O1. The molecule has 1 aromatic carbocycles. The molecule has 1 aromatic rings. The molecule has 0 amide bonds. The fourth-order valence-corrected chi connectivity index (χ4v) is 2.63. The highest BCUT2D eigenvalue weighted by Gasteiger charge is 2.52. The second-order valence-electron chi connectivity index (χ2n) is 7.21. The Balaban J connectivity index is 1.89. The number of hydrogen-bond acceptors (Lipinski definition) is 4. The Bertz CT molecular complexity index is 536. The molecular formula is C17H25BO4. The van der Waals surface area contributed by atoms with E-state index in [2.05, 4.69) is 45.9 Å². The maximum Gasteiger partial charge on any atom is 0.498 e. The van der Waals surface area contributed by atoms with Gasteiger partial charge in [0.2, 0.25) is 0 Å². The van der Waals surface area contributed by atoms with Crippen molar-refractivity contribution >= 4 is 12.6 Å². The van der Waals surface area contributed by atoms with E-state index < -0.39 is 7.12 Å². The van der Waals surface area contributed by atoms with Gasteiger partial charge in [-0.2, -0.15) is 0 Å². The highest BCUT2D eigenvalue weighted by Crippen LogP contribution is 2.41. The monoisotopic (exact) mass is 304 g/mol. The quantitative estimate of drug-likeness (QED) is 0.619. The summed E-state index contributed by atoms with van der Waals surface area (Å²) < 4.78 is 23.1. The number of benzene rings is 1. The van der Waals surface area contributed by atoms with E-state index in [1.165, 1.54) is 18.4 Å². The van der Waals surface area contributed by atoms with Crippen LogP contribution in [-0.2, 0) is 14.0 Å². The van der Waals surface area contributed by atoms with E-state index in [4.69, 9.17) is 18.8 Å². The van der Waals surface area contributed by atoms with Crippen LogP contribution in [0.4, 0.5) is 0 Å². The minimum absolute atomic E-state index is 0.223. The molecule has 3 rings (SSSR count). The van der Waals surface area contributed by atoms with E-state index in [9.17, 15) is 0 Å². The Morgan fingerprint density at radius 3 is 2.32 bits per heavy atom. The van der Waals surface area contributed by atoms with E-state index in [1.807, 2.05) is 0 Å². The molecule has 120 valence electrons. The van der Waals surface area contributed by atoms with E-state index in [0.29, 0.717) is 5.92 Å². The van der Waals surface area contributed by atoms with Gasteiger partial charge >= 0.3 is 7.12 Å². The predicted octanol–water partition coefficient (Wildman–Crippen LogP) is 2.85. The maximum absolute atomic E-state index is 6.14. The third-order valence-electron chi connectivity index (χ3n) is 4.93. The summed E-state index contributed by atoms with van der Waals surface area (Å²) >= 11 is 0. The van der Waals surface area contributed by atoms with Crippen LogP contribution in [0.2, 0.25) is 0 Å². The first kappa shape index (κ1) is 15.8. The smallest absolute Gasteiger partial charge is 0.468 e. The van der Waals surface area contributed by atoms with Gasteiger partial charge < -0.3 is 18.8 Å². The highest BCUT2D eigenvalue weighted by atomic mass is 16.7. The highest BCUT2D eigenvalue weighted by molar-refractivity contribution is 6.63. The number of ether oxygens (including phenoxy) is 2. The molecule has 0 bridgehead atoms. The van der Waals surface area contributed by atoms with Crippen molar-refractivity contribution in [2.75, 3.05) is 13.9 Å². The summed E-state index contributed by atoms with van der Waals surface area (Å²) in [4.78, 5) is 0. The molecule has 1 aliphatic heterocycles. The molecule has 0 spiro atoms. The van der Waals surface area contributed by atoms with Gasteiger partial charge in [0.25, 0.3) is 0 Å². The van der Waals surface area contributed by atoms with E-state index in [1.54, 1.807) is 7.11 Å². The molecule has 0 aromatic heterocycles. The van der Waals surface area contributed by atoms with Crippen molar-refractivity contribution in [3.8, 4) is 5.75 Å². The van der Waals surface area contributed by atoms with Crippen LogP contribution in [0.3, 0.4) is 0 Å². The average Bonchev–Trinajstić information content (AvgIpc) is 3.24. The lowest BCUT2D eigenvalue weighted by Crippen LogP contribution is -2.41. The Morgan fingerprint density at radius 1 is 1.14 bits per heavy atom. The lowest BCUT2D eigenvalue weighted by molar-refractivity contribution is 0.00578. The Hall–Kier alpha value is -1.04. The second-order valence-corrected chi connectivity index (χ2v) is 7.21. The van der Waals surface area contributed by atoms with Crippen LogP contribution in [0.1, 0.15) is 52.0 Å². The molecule has 0 N–H and O–H groups in total. The Kier molecular flexibility index (Phi) is 4.00. The van der Waals surface area contributed by atoms with Gasteiger partial charge in [-0.05, 0) is 58.1 Å². The largest absolute Gasteiger partial charge is 0.498 e. The summed E-state index contributed by atoms with van der Waals surface area (Å²) in [6.45, 7) is 8.45. The third kappa shape index (κ3) is 2.90. The van der Waals surface area contributed by atoms with Gasteiger partial charge in [0, 0.05) is 12.6 Å². The lowest BCUT2D eigenvalue weighted by Gasteiger charge is -2.32. The van der Waals surface area contributed by atoms with Gasteiger partial charge in [0.05, 0.1) is 11.2 Å². The normalized spacial score (nSPS) is 22.9. The van der Waals surface area contributed by atoms with Crippen LogP contribution < -0.4 is 10.2 Å². The fraction of sp³-hybridized carbons (Fsp3) is 0.647. The lowest BCUT2D eigenvalue weighted by atomic mass is 9.77. The molecule has 1 heterocycles. The second kappa shape index (κ2) is 5.55. The first-order valence-electron chi connectivity index (χ1n) is 7.95. The van der Waals surface area contributed by atoms with Crippen molar-refractivity contribution in [1.82, 2.24) is 0 Å². The minimum Gasteiger partial charge on any atom is -0.468 e. The van der Waals surface area contributed by atoms with E-state index in [0.717, 1.165) is 11.2 Å². The van der Waals surface area contributed by atoms with Crippen LogP contribution in [0, 0.1) is 0 Å². The first-order chi connectivity index (χ1) is 10.3. The molecule has 22 heavy (non-hydrogen) atoms. The predicted molar refractivity (Wildman–Crippen MR) is 86.6 cm³/mol. The molecule has 4 nitrogen and oxygen atoms in total. The molecule has 1 saturated heterocycles. The summed E-state index contributed by atoms with van der Waals surface area (Å²) in [5, 5.41) is 0. The molecule has 0 unspecified atom stereocenters. The van der Waals surface area contributed by atoms with Crippen molar-refractivity contribution in [2.45, 2.75) is 57.7 Å². The summed E-state index contributed by atoms with van der Waals surface area (Å²) in [5.41, 5.74) is 1.54. The van der Waals surface area contributed by atoms with Crippen molar-refractivity contribution < 1.29 is 18.8 Å². The molecule has 1 aliphatic carbocycles. The van der Waals surface area contributed by atoms with E-state index >= 15 is 0 Å². The molecule has 5 heteroatoms. The van der Waals surface area contributed by atoms with Crippen LogP contribution in [0.5, 0.6) is 5.75 Å². The standard InChI is InChI=1S/C17H25BO4/c1-16(2)17(3,4)22-18(21-16)14-9-8-13(12-6-7-12)10-15(14)20-11-19-5/h8-10,12H,6-7,11H2,1-5H3. The molecule has 0 atom stereocenters. The van der Waals surface area contributed by atoms with Gasteiger partial charge in [0.15, 0.2) is 6.79 Å². The van der Waals surface area contributed by atoms with Crippen LogP contribution in [0.15, 0.2) is 18.2 Å². The summed E-state index contributed by atoms with van der Waals surface area (Å²) in [7, 11) is 1.21. The Labute approximate surface area is 133 Å². The average molecular weight is 304 g/mol. The molecule has 2 fully saturated rings. The van der Waals surface area contributed by atoms with E-state index in [-0.39, 0.29) is 18.0 Å². The Morgan fingerprint density at radius 2 is 1.77 bits per heavy atom. The van der Waals surface area contributed by atoms with Crippen molar-refractivity contribution in [2.24, 2.45) is 0 Å². The van der Waals surface area contributed by atoms with Crippen LogP contribution >= 0.6 is 0 Å². The van der Waals surface area contributed by atoms with Gasteiger partial charge in [-0.3, -0.25) is 0 Å². The number of hydrogen-bond donors (Lipinski definition) is 0. The van der Waals surface area contributed by atoms with Crippen molar-refractivity contribution in [3.63, 3.8) is 0 Å².